The fourth-order valence-electron chi connectivity index (χ4n) is 3.32. The van der Waals surface area contributed by atoms with E-state index in [-0.39, 0.29) is 5.75 Å². The number of aromatic hydroxyl groups is 1. The number of fused-ring (bicyclic) bond motifs is 1. The first kappa shape index (κ1) is 17.5. The van der Waals surface area contributed by atoms with Gasteiger partial charge in [0.2, 0.25) is 0 Å². The molecule has 1 N–H and O–H groups in total. The van der Waals surface area contributed by atoms with Crippen molar-refractivity contribution in [2.24, 2.45) is 4.99 Å². The van der Waals surface area contributed by atoms with Crippen LogP contribution in [0.15, 0.2) is 59.6 Å². The molecular formula is C22H19N3OS. The van der Waals surface area contributed by atoms with Crippen molar-refractivity contribution >= 4 is 22.6 Å². The van der Waals surface area contributed by atoms with E-state index in [1.165, 1.54) is 10.4 Å². The fourth-order valence-corrected chi connectivity index (χ4v) is 4.50. The van der Waals surface area contributed by atoms with Crippen molar-refractivity contribution in [1.82, 2.24) is 4.90 Å². The highest BCUT2D eigenvalue weighted by Gasteiger charge is 2.24. The zero-order valence-electron chi connectivity index (χ0n) is 14.8. The summed E-state index contributed by atoms with van der Waals surface area (Å²) in [6.07, 6.45) is 2.63. The molecule has 5 heteroatoms. The molecule has 0 spiro atoms. The molecule has 0 bridgehead atoms. The van der Waals surface area contributed by atoms with Crippen molar-refractivity contribution in [2.75, 3.05) is 6.54 Å². The number of hydrogen-bond acceptors (Lipinski definition) is 5. The van der Waals surface area contributed by atoms with Crippen molar-refractivity contribution in [3.05, 3.63) is 81.7 Å². The second-order valence-electron chi connectivity index (χ2n) is 6.59. The Morgan fingerprint density at radius 2 is 1.93 bits per heavy atom. The molecular weight excluding hydrogens is 354 g/mol. The molecule has 2 heterocycles. The Balaban J connectivity index is 1.54. The van der Waals surface area contributed by atoms with E-state index < -0.39 is 0 Å². The molecule has 0 aliphatic carbocycles. The van der Waals surface area contributed by atoms with Crippen molar-refractivity contribution < 1.29 is 5.11 Å². The summed E-state index contributed by atoms with van der Waals surface area (Å²) in [4.78, 5) is 8.22. The Labute approximate surface area is 162 Å². The molecule has 0 saturated heterocycles. The van der Waals surface area contributed by atoms with Gasteiger partial charge in [0.25, 0.3) is 0 Å². The monoisotopic (exact) mass is 373 g/mol. The molecule has 134 valence electrons. The second-order valence-corrected chi connectivity index (χ2v) is 7.68. The van der Waals surface area contributed by atoms with Gasteiger partial charge >= 0.3 is 0 Å². The molecule has 4 nitrogen and oxygen atoms in total. The van der Waals surface area contributed by atoms with Crippen LogP contribution in [0.2, 0.25) is 0 Å². The van der Waals surface area contributed by atoms with E-state index in [0.29, 0.717) is 5.56 Å². The van der Waals surface area contributed by atoms with Crippen LogP contribution in [0.1, 0.15) is 27.1 Å². The first-order valence-corrected chi connectivity index (χ1v) is 9.68. The third-order valence-corrected chi connectivity index (χ3v) is 5.83. The standard InChI is InChI=1S/C22H19N3OS/c23-12-20-19-10-11-25(14-17-4-2-1-3-5-17)15-21(19)27-22(20)24-13-16-6-8-18(26)9-7-16/h1-9,13,26H,10-11,14-15H2. The molecule has 1 aliphatic rings. The molecule has 0 saturated carbocycles. The molecule has 27 heavy (non-hydrogen) atoms. The summed E-state index contributed by atoms with van der Waals surface area (Å²) in [6, 6.07) is 19.7. The molecule has 2 aromatic carbocycles. The van der Waals surface area contributed by atoms with Gasteiger partial charge in [-0.1, -0.05) is 30.3 Å². The van der Waals surface area contributed by atoms with E-state index in [0.717, 1.165) is 42.2 Å². The van der Waals surface area contributed by atoms with Gasteiger partial charge < -0.3 is 5.11 Å². The first-order valence-electron chi connectivity index (χ1n) is 8.87. The van der Waals surface area contributed by atoms with Gasteiger partial charge in [-0.15, -0.1) is 11.3 Å². The number of rotatable bonds is 4. The number of benzene rings is 2. The van der Waals surface area contributed by atoms with Gasteiger partial charge in [0.05, 0.1) is 5.56 Å². The van der Waals surface area contributed by atoms with Crippen molar-refractivity contribution in [3.8, 4) is 11.8 Å². The molecule has 0 amide bonds. The number of nitrogens with zero attached hydrogens (tertiary/aromatic N) is 3. The SMILES string of the molecule is N#Cc1c(N=Cc2ccc(O)cc2)sc2c1CCN(Cc1ccccc1)C2. The third kappa shape index (κ3) is 3.92. The van der Waals surface area contributed by atoms with Crippen LogP contribution in [-0.4, -0.2) is 22.8 Å². The van der Waals surface area contributed by atoms with Gasteiger partial charge in [0, 0.05) is 30.7 Å². The lowest BCUT2D eigenvalue weighted by Crippen LogP contribution is -2.29. The number of aliphatic imine (C=N–C) groups is 1. The highest BCUT2D eigenvalue weighted by atomic mass is 32.1. The minimum absolute atomic E-state index is 0.231. The maximum atomic E-state index is 9.63. The van der Waals surface area contributed by atoms with E-state index in [4.69, 9.17) is 0 Å². The summed E-state index contributed by atoms with van der Waals surface area (Å²) in [7, 11) is 0. The van der Waals surface area contributed by atoms with Gasteiger partial charge in [-0.25, -0.2) is 4.99 Å². The van der Waals surface area contributed by atoms with Crippen LogP contribution < -0.4 is 0 Å². The van der Waals surface area contributed by atoms with Crippen LogP contribution in [0.4, 0.5) is 5.00 Å². The Hall–Kier alpha value is -2.94. The maximum Gasteiger partial charge on any atom is 0.134 e. The van der Waals surface area contributed by atoms with Gasteiger partial charge in [0.1, 0.15) is 16.8 Å². The van der Waals surface area contributed by atoms with Crippen LogP contribution in [-0.2, 0) is 19.5 Å². The normalized spacial score (nSPS) is 14.2. The van der Waals surface area contributed by atoms with E-state index in [9.17, 15) is 10.4 Å². The zero-order chi connectivity index (χ0) is 18.6. The topological polar surface area (TPSA) is 59.6 Å². The van der Waals surface area contributed by atoms with Gasteiger partial charge in [-0.2, -0.15) is 5.26 Å². The van der Waals surface area contributed by atoms with Crippen LogP contribution in [0.25, 0.3) is 0 Å². The second kappa shape index (κ2) is 7.75. The molecule has 0 radical (unpaired) electrons. The van der Waals surface area contributed by atoms with Crippen LogP contribution >= 0.6 is 11.3 Å². The fraction of sp³-hybridized carbons (Fsp3) is 0.182. The Bertz CT molecular complexity index is 1000. The van der Waals surface area contributed by atoms with E-state index in [2.05, 4.69) is 40.2 Å². The minimum atomic E-state index is 0.231. The first-order chi connectivity index (χ1) is 13.2. The third-order valence-electron chi connectivity index (χ3n) is 4.70. The average molecular weight is 373 g/mol. The highest BCUT2D eigenvalue weighted by Crippen LogP contribution is 2.38. The summed E-state index contributed by atoms with van der Waals surface area (Å²) in [5, 5.41) is 19.8. The molecule has 1 aliphatic heterocycles. The van der Waals surface area contributed by atoms with Gasteiger partial charge in [-0.3, -0.25) is 4.90 Å². The Morgan fingerprint density at radius 1 is 1.15 bits per heavy atom. The molecule has 4 rings (SSSR count). The summed E-state index contributed by atoms with van der Waals surface area (Å²) in [6.45, 7) is 2.74. The van der Waals surface area contributed by atoms with Crippen molar-refractivity contribution in [2.45, 2.75) is 19.5 Å². The highest BCUT2D eigenvalue weighted by molar-refractivity contribution is 7.16. The molecule has 1 aromatic heterocycles. The number of nitriles is 1. The molecule has 0 atom stereocenters. The van der Waals surface area contributed by atoms with Gasteiger partial charge in [-0.05, 0) is 47.4 Å². The molecule has 0 fully saturated rings. The van der Waals surface area contributed by atoms with Gasteiger partial charge in [0.15, 0.2) is 0 Å². The lowest BCUT2D eigenvalue weighted by Gasteiger charge is -2.26. The summed E-state index contributed by atoms with van der Waals surface area (Å²) < 4.78 is 0. The van der Waals surface area contributed by atoms with Crippen LogP contribution in [0, 0.1) is 11.3 Å². The van der Waals surface area contributed by atoms with E-state index in [1.54, 1.807) is 41.8 Å². The van der Waals surface area contributed by atoms with Crippen LogP contribution in [0.3, 0.4) is 0 Å². The summed E-state index contributed by atoms with van der Waals surface area (Å²) >= 11 is 1.61. The average Bonchev–Trinajstić information content (AvgIpc) is 3.05. The van der Waals surface area contributed by atoms with Crippen molar-refractivity contribution in [1.29, 1.82) is 5.26 Å². The Kier molecular flexibility index (Phi) is 5.01. The number of phenolic OH excluding ortho intramolecular Hbond substituents is 1. The van der Waals surface area contributed by atoms with Crippen molar-refractivity contribution in [3.63, 3.8) is 0 Å². The van der Waals surface area contributed by atoms with E-state index >= 15 is 0 Å². The van der Waals surface area contributed by atoms with E-state index in [1.807, 2.05) is 6.07 Å². The zero-order valence-corrected chi connectivity index (χ0v) is 15.6. The minimum Gasteiger partial charge on any atom is -0.508 e. The lowest BCUT2D eigenvalue weighted by molar-refractivity contribution is 0.249. The maximum absolute atomic E-state index is 9.63. The number of thiophene rings is 1. The number of phenols is 1. The Morgan fingerprint density at radius 3 is 2.67 bits per heavy atom. The molecule has 0 unspecified atom stereocenters. The molecule has 3 aromatic rings. The predicted molar refractivity (Wildman–Crippen MR) is 109 cm³/mol. The quantitative estimate of drug-likeness (QED) is 0.678. The lowest BCUT2D eigenvalue weighted by atomic mass is 10.0. The smallest absolute Gasteiger partial charge is 0.134 e. The predicted octanol–water partition coefficient (Wildman–Crippen LogP) is 4.63. The largest absolute Gasteiger partial charge is 0.508 e. The summed E-state index contributed by atoms with van der Waals surface area (Å²) in [5.74, 6) is 0.231. The number of hydrogen-bond donors (Lipinski definition) is 1. The van der Waals surface area contributed by atoms with Crippen LogP contribution in [0.5, 0.6) is 5.75 Å². The summed E-state index contributed by atoms with van der Waals surface area (Å²) in [5.41, 5.74) is 4.08.